The Morgan fingerprint density at radius 3 is 1.91 bits per heavy atom. The number of hydrogen-bond donors (Lipinski definition) is 2. The van der Waals surface area contributed by atoms with Crippen LogP contribution in [0.25, 0.3) is 6.08 Å². The zero-order valence-corrected chi connectivity index (χ0v) is 20.0. The fourth-order valence-electron chi connectivity index (χ4n) is 2.92. The highest BCUT2D eigenvalue weighted by atomic mass is 35.5. The van der Waals surface area contributed by atoms with Crippen molar-refractivity contribution in [3.8, 4) is 11.8 Å². The van der Waals surface area contributed by atoms with Crippen LogP contribution in [0, 0.1) is 25.2 Å². The van der Waals surface area contributed by atoms with Crippen LogP contribution in [0.4, 0.5) is 11.4 Å². The molecular weight excluding hydrogens is 473 g/mol. The van der Waals surface area contributed by atoms with Crippen molar-refractivity contribution in [3.63, 3.8) is 0 Å². The van der Waals surface area contributed by atoms with Gasteiger partial charge in [-0.25, -0.2) is 0 Å². The SMILES string of the molecule is Cc1ccc(NC(=O)COc2c(Cl)cc(/C=C(\C#N)C(=O)Nc3ccc(C)cc3)cc2Cl)cc1. The van der Waals surface area contributed by atoms with Gasteiger partial charge in [0.25, 0.3) is 11.8 Å². The number of benzene rings is 3. The van der Waals surface area contributed by atoms with Crippen LogP contribution >= 0.6 is 23.2 Å². The van der Waals surface area contributed by atoms with Crippen LogP contribution in [0.3, 0.4) is 0 Å². The third-order valence-corrected chi connectivity index (χ3v) is 5.25. The van der Waals surface area contributed by atoms with Gasteiger partial charge in [-0.05, 0) is 61.9 Å². The minimum atomic E-state index is -0.563. The van der Waals surface area contributed by atoms with Crippen molar-refractivity contribution in [2.45, 2.75) is 13.8 Å². The minimum absolute atomic E-state index is 0.126. The van der Waals surface area contributed by atoms with E-state index < -0.39 is 5.91 Å². The Morgan fingerprint density at radius 2 is 1.41 bits per heavy atom. The van der Waals surface area contributed by atoms with Crippen molar-refractivity contribution in [2.24, 2.45) is 0 Å². The highest BCUT2D eigenvalue weighted by Gasteiger charge is 2.14. The molecule has 0 aliphatic carbocycles. The highest BCUT2D eigenvalue weighted by molar-refractivity contribution is 6.37. The molecule has 0 bridgehead atoms. The van der Waals surface area contributed by atoms with E-state index in [1.54, 1.807) is 24.3 Å². The van der Waals surface area contributed by atoms with Gasteiger partial charge in [-0.2, -0.15) is 5.26 Å². The van der Waals surface area contributed by atoms with Crippen molar-refractivity contribution in [3.05, 3.63) is 93.0 Å². The molecule has 0 saturated heterocycles. The molecule has 0 heterocycles. The summed E-state index contributed by atoms with van der Waals surface area (Å²) in [6, 6.07) is 19.4. The Hall–Kier alpha value is -3.79. The summed E-state index contributed by atoms with van der Waals surface area (Å²) >= 11 is 12.6. The first kappa shape index (κ1) is 24.8. The van der Waals surface area contributed by atoms with Gasteiger partial charge in [0.2, 0.25) is 0 Å². The number of nitrogens with zero attached hydrogens (tertiary/aromatic N) is 1. The molecule has 172 valence electrons. The monoisotopic (exact) mass is 493 g/mol. The molecule has 0 fully saturated rings. The maximum absolute atomic E-state index is 12.5. The largest absolute Gasteiger partial charge is 0.481 e. The maximum atomic E-state index is 12.5. The molecule has 8 heteroatoms. The summed E-state index contributed by atoms with van der Waals surface area (Å²) in [5.74, 6) is -0.812. The second-order valence-electron chi connectivity index (χ2n) is 7.51. The number of hydrogen-bond acceptors (Lipinski definition) is 4. The fraction of sp³-hybridized carbons (Fsp3) is 0.115. The van der Waals surface area contributed by atoms with E-state index in [-0.39, 0.29) is 33.9 Å². The minimum Gasteiger partial charge on any atom is -0.481 e. The number of nitrogens with one attached hydrogen (secondary N) is 2. The summed E-state index contributed by atoms with van der Waals surface area (Å²) in [6.45, 7) is 3.59. The van der Waals surface area contributed by atoms with Crippen LogP contribution in [0.15, 0.2) is 66.2 Å². The first-order chi connectivity index (χ1) is 16.2. The van der Waals surface area contributed by atoms with E-state index in [2.05, 4.69) is 10.6 Å². The molecule has 2 N–H and O–H groups in total. The van der Waals surface area contributed by atoms with Crippen LogP contribution in [-0.4, -0.2) is 18.4 Å². The zero-order valence-electron chi connectivity index (χ0n) is 18.5. The summed E-state index contributed by atoms with van der Waals surface area (Å²) in [6.07, 6.45) is 1.37. The molecule has 3 aromatic carbocycles. The Kier molecular flexibility index (Phi) is 8.31. The van der Waals surface area contributed by atoms with Crippen LogP contribution in [0.2, 0.25) is 10.0 Å². The van der Waals surface area contributed by atoms with Crippen molar-refractivity contribution in [2.75, 3.05) is 17.2 Å². The molecule has 0 spiro atoms. The van der Waals surface area contributed by atoms with Crippen molar-refractivity contribution >= 4 is 52.5 Å². The molecule has 0 unspecified atom stereocenters. The molecule has 2 amide bonds. The summed E-state index contributed by atoms with van der Waals surface area (Å²) in [4.78, 5) is 24.7. The number of carbonyl (C=O) groups is 2. The van der Waals surface area contributed by atoms with Crippen LogP contribution in [-0.2, 0) is 9.59 Å². The van der Waals surface area contributed by atoms with Crippen LogP contribution in [0.5, 0.6) is 5.75 Å². The summed E-state index contributed by atoms with van der Waals surface area (Å²) in [5, 5.41) is 15.1. The number of carbonyl (C=O) groups excluding carboxylic acids is 2. The van der Waals surface area contributed by atoms with Gasteiger partial charge < -0.3 is 15.4 Å². The number of ether oxygens (including phenoxy) is 1. The Labute approximate surface area is 207 Å². The lowest BCUT2D eigenvalue weighted by atomic mass is 10.1. The van der Waals surface area contributed by atoms with Gasteiger partial charge in [0.05, 0.1) is 10.0 Å². The van der Waals surface area contributed by atoms with E-state index in [0.29, 0.717) is 16.9 Å². The summed E-state index contributed by atoms with van der Waals surface area (Å²) in [5.41, 5.74) is 3.65. The normalized spacial score (nSPS) is 10.9. The van der Waals surface area contributed by atoms with E-state index in [0.717, 1.165) is 11.1 Å². The average molecular weight is 494 g/mol. The Morgan fingerprint density at radius 1 is 0.912 bits per heavy atom. The molecule has 3 aromatic rings. The summed E-state index contributed by atoms with van der Waals surface area (Å²) in [7, 11) is 0. The maximum Gasteiger partial charge on any atom is 0.266 e. The van der Waals surface area contributed by atoms with Gasteiger partial charge in [-0.3, -0.25) is 9.59 Å². The highest BCUT2D eigenvalue weighted by Crippen LogP contribution is 2.35. The number of nitriles is 1. The number of anilines is 2. The molecule has 0 aliphatic heterocycles. The summed E-state index contributed by atoms with van der Waals surface area (Å²) < 4.78 is 5.51. The number of halogens is 2. The van der Waals surface area contributed by atoms with Gasteiger partial charge in [0, 0.05) is 11.4 Å². The lowest BCUT2D eigenvalue weighted by Crippen LogP contribution is -2.20. The molecule has 0 aromatic heterocycles. The third kappa shape index (κ3) is 6.85. The number of aryl methyl sites for hydroxylation is 2. The predicted molar refractivity (Wildman–Crippen MR) is 135 cm³/mol. The first-order valence-electron chi connectivity index (χ1n) is 10.2. The third-order valence-electron chi connectivity index (χ3n) is 4.69. The van der Waals surface area contributed by atoms with E-state index in [1.165, 1.54) is 18.2 Å². The Bertz CT molecular complexity index is 1260. The molecular formula is C26H21Cl2N3O3. The molecule has 0 saturated carbocycles. The van der Waals surface area contributed by atoms with Crippen LogP contribution in [0.1, 0.15) is 16.7 Å². The van der Waals surface area contributed by atoms with Crippen molar-refractivity contribution in [1.82, 2.24) is 0 Å². The lowest BCUT2D eigenvalue weighted by molar-refractivity contribution is -0.118. The van der Waals surface area contributed by atoms with Gasteiger partial charge in [0.15, 0.2) is 12.4 Å². The number of amides is 2. The topological polar surface area (TPSA) is 91.2 Å². The van der Waals surface area contributed by atoms with Crippen LogP contribution < -0.4 is 15.4 Å². The van der Waals surface area contributed by atoms with Gasteiger partial charge in [-0.1, -0.05) is 58.6 Å². The number of rotatable bonds is 7. The molecule has 0 radical (unpaired) electrons. The molecule has 0 aliphatic rings. The molecule has 3 rings (SSSR count). The molecule has 34 heavy (non-hydrogen) atoms. The standard InChI is InChI=1S/C26H21Cl2N3O3/c1-16-3-7-20(8-4-16)30-24(32)15-34-25-22(27)12-18(13-23(25)28)11-19(14-29)26(33)31-21-9-5-17(2)6-10-21/h3-13H,15H2,1-2H3,(H,30,32)(H,31,33)/b19-11+. The molecule has 0 atom stereocenters. The average Bonchev–Trinajstić information content (AvgIpc) is 2.80. The van der Waals surface area contributed by atoms with E-state index >= 15 is 0 Å². The smallest absolute Gasteiger partial charge is 0.266 e. The fourth-order valence-corrected chi connectivity index (χ4v) is 3.54. The Balaban J connectivity index is 1.68. The lowest BCUT2D eigenvalue weighted by Gasteiger charge is -2.11. The second-order valence-corrected chi connectivity index (χ2v) is 8.32. The van der Waals surface area contributed by atoms with Crippen molar-refractivity contribution < 1.29 is 14.3 Å². The van der Waals surface area contributed by atoms with Crippen molar-refractivity contribution in [1.29, 1.82) is 5.26 Å². The second kappa shape index (κ2) is 11.4. The van der Waals surface area contributed by atoms with E-state index in [9.17, 15) is 14.9 Å². The van der Waals surface area contributed by atoms with E-state index in [4.69, 9.17) is 27.9 Å². The quantitative estimate of drug-likeness (QED) is 0.304. The predicted octanol–water partition coefficient (Wildman–Crippen LogP) is 6.17. The zero-order chi connectivity index (χ0) is 24.7. The van der Waals surface area contributed by atoms with E-state index in [1.807, 2.05) is 44.2 Å². The molecule has 6 nitrogen and oxygen atoms in total. The van der Waals surface area contributed by atoms with Gasteiger partial charge in [0.1, 0.15) is 11.6 Å². The van der Waals surface area contributed by atoms with Gasteiger partial charge >= 0.3 is 0 Å². The first-order valence-corrected chi connectivity index (χ1v) is 11.0. The van der Waals surface area contributed by atoms with Gasteiger partial charge in [-0.15, -0.1) is 0 Å².